The molecule has 0 radical (unpaired) electrons. The molecule has 0 spiro atoms. The Balaban J connectivity index is 1.67. The van der Waals surface area contributed by atoms with Crippen molar-refractivity contribution in [2.24, 2.45) is 11.8 Å². The second kappa shape index (κ2) is 6.63. The molecule has 2 saturated heterocycles. The molecule has 1 aromatic carbocycles. The molecule has 2 aliphatic heterocycles. The number of rotatable bonds is 3. The number of hydrogen-bond donors (Lipinski definition) is 0. The van der Waals surface area contributed by atoms with Gasteiger partial charge in [0.25, 0.3) is 0 Å². The summed E-state index contributed by atoms with van der Waals surface area (Å²) >= 11 is 0. The first-order valence-corrected chi connectivity index (χ1v) is 9.97. The van der Waals surface area contributed by atoms with E-state index >= 15 is 0 Å². The van der Waals surface area contributed by atoms with Crippen LogP contribution < -0.4 is 0 Å². The number of halogens is 1. The number of carbonyl (C=O) groups excluding carboxylic acids is 2. The number of benzene rings is 1. The van der Waals surface area contributed by atoms with Crippen molar-refractivity contribution in [2.45, 2.75) is 19.3 Å². The van der Waals surface area contributed by atoms with E-state index in [0.717, 1.165) is 0 Å². The molecule has 0 aliphatic carbocycles. The maximum Gasteiger partial charge on any atom is 0.226 e. The fourth-order valence-corrected chi connectivity index (χ4v) is 5.22. The standard InChI is InChI=1S/C17H20FNO4S/c18-15-5-3-12(4-6-15)16(20)13-2-1-8-19(10-13)17(21)14-7-9-24(22,23)11-14/h3-6,13-14H,1-2,7-11H2/t13-,14-/m1/s1. The molecule has 2 heterocycles. The lowest BCUT2D eigenvalue weighted by atomic mass is 9.89. The third-order valence-electron chi connectivity index (χ3n) is 4.81. The van der Waals surface area contributed by atoms with Gasteiger partial charge in [-0.3, -0.25) is 9.59 Å². The largest absolute Gasteiger partial charge is 0.342 e. The Morgan fingerprint density at radius 3 is 2.42 bits per heavy atom. The summed E-state index contributed by atoms with van der Waals surface area (Å²) in [5.74, 6) is -1.46. The highest BCUT2D eigenvalue weighted by molar-refractivity contribution is 7.91. The van der Waals surface area contributed by atoms with Gasteiger partial charge in [-0.15, -0.1) is 0 Å². The van der Waals surface area contributed by atoms with Gasteiger partial charge in [-0.1, -0.05) is 0 Å². The molecule has 1 aromatic rings. The van der Waals surface area contributed by atoms with Crippen molar-refractivity contribution in [3.63, 3.8) is 0 Å². The van der Waals surface area contributed by atoms with Crippen molar-refractivity contribution in [1.82, 2.24) is 4.90 Å². The van der Waals surface area contributed by atoms with Crippen LogP contribution in [0.25, 0.3) is 0 Å². The van der Waals surface area contributed by atoms with Crippen LogP contribution in [0, 0.1) is 17.7 Å². The Labute approximate surface area is 140 Å². The van der Waals surface area contributed by atoms with Crippen LogP contribution in [0.15, 0.2) is 24.3 Å². The zero-order valence-electron chi connectivity index (χ0n) is 13.3. The lowest BCUT2D eigenvalue weighted by Gasteiger charge is -2.33. The van der Waals surface area contributed by atoms with Crippen LogP contribution in [-0.2, 0) is 14.6 Å². The van der Waals surface area contributed by atoms with E-state index in [1.54, 1.807) is 4.90 Å². The number of amides is 1. The molecule has 5 nitrogen and oxygen atoms in total. The van der Waals surface area contributed by atoms with Gasteiger partial charge in [0, 0.05) is 24.6 Å². The molecule has 7 heteroatoms. The maximum atomic E-state index is 13.0. The van der Waals surface area contributed by atoms with E-state index in [1.165, 1.54) is 24.3 Å². The third-order valence-corrected chi connectivity index (χ3v) is 6.58. The van der Waals surface area contributed by atoms with Crippen LogP contribution >= 0.6 is 0 Å². The molecule has 0 unspecified atom stereocenters. The van der Waals surface area contributed by atoms with Gasteiger partial charge >= 0.3 is 0 Å². The van der Waals surface area contributed by atoms with E-state index in [1.807, 2.05) is 0 Å². The van der Waals surface area contributed by atoms with Gasteiger partial charge in [0.1, 0.15) is 5.82 Å². The maximum absolute atomic E-state index is 13.0. The third kappa shape index (κ3) is 3.66. The lowest BCUT2D eigenvalue weighted by molar-refractivity contribution is -0.136. The predicted octanol–water partition coefficient (Wildman–Crippen LogP) is 1.68. The van der Waals surface area contributed by atoms with Crippen LogP contribution in [0.2, 0.25) is 0 Å². The minimum atomic E-state index is -3.11. The van der Waals surface area contributed by atoms with Crippen molar-refractivity contribution < 1.29 is 22.4 Å². The second-order valence-electron chi connectivity index (χ2n) is 6.59. The van der Waals surface area contributed by atoms with Crippen molar-refractivity contribution in [3.05, 3.63) is 35.6 Å². The highest BCUT2D eigenvalue weighted by atomic mass is 32.2. The van der Waals surface area contributed by atoms with Crippen LogP contribution in [0.5, 0.6) is 0 Å². The summed E-state index contributed by atoms with van der Waals surface area (Å²) in [6.07, 6.45) is 1.76. The second-order valence-corrected chi connectivity index (χ2v) is 8.82. The Bertz CT molecular complexity index is 744. The lowest BCUT2D eigenvalue weighted by Crippen LogP contribution is -2.45. The molecule has 2 aliphatic rings. The Kier molecular flexibility index (Phi) is 4.71. The van der Waals surface area contributed by atoms with Crippen LogP contribution in [0.4, 0.5) is 4.39 Å². The van der Waals surface area contributed by atoms with Gasteiger partial charge in [0.05, 0.1) is 17.4 Å². The van der Waals surface area contributed by atoms with Crippen molar-refractivity contribution in [2.75, 3.05) is 24.6 Å². The highest BCUT2D eigenvalue weighted by Gasteiger charge is 2.37. The Hall–Kier alpha value is -1.76. The van der Waals surface area contributed by atoms with Crippen LogP contribution in [0.3, 0.4) is 0 Å². The monoisotopic (exact) mass is 353 g/mol. The normalized spacial score (nSPS) is 26.3. The number of carbonyl (C=O) groups is 2. The summed E-state index contributed by atoms with van der Waals surface area (Å²) in [6.45, 7) is 0.869. The molecule has 0 bridgehead atoms. The average Bonchev–Trinajstić information content (AvgIpc) is 2.94. The van der Waals surface area contributed by atoms with Gasteiger partial charge in [-0.25, -0.2) is 12.8 Å². The van der Waals surface area contributed by atoms with E-state index < -0.39 is 21.6 Å². The summed E-state index contributed by atoms with van der Waals surface area (Å²) in [6, 6.07) is 5.43. The quantitative estimate of drug-likeness (QED) is 0.775. The average molecular weight is 353 g/mol. The van der Waals surface area contributed by atoms with Gasteiger partial charge < -0.3 is 4.90 Å². The molecule has 2 fully saturated rings. The molecule has 24 heavy (non-hydrogen) atoms. The molecule has 0 aromatic heterocycles. The number of nitrogens with zero attached hydrogens (tertiary/aromatic N) is 1. The summed E-state index contributed by atoms with van der Waals surface area (Å²) in [5.41, 5.74) is 0.444. The van der Waals surface area contributed by atoms with Gasteiger partial charge in [-0.05, 0) is 43.5 Å². The number of sulfone groups is 1. The predicted molar refractivity (Wildman–Crippen MR) is 86.8 cm³/mol. The minimum Gasteiger partial charge on any atom is -0.342 e. The van der Waals surface area contributed by atoms with Gasteiger partial charge in [0.15, 0.2) is 15.6 Å². The van der Waals surface area contributed by atoms with E-state index in [2.05, 4.69) is 0 Å². The van der Waals surface area contributed by atoms with E-state index in [9.17, 15) is 22.4 Å². The Morgan fingerprint density at radius 2 is 1.79 bits per heavy atom. The van der Waals surface area contributed by atoms with Gasteiger partial charge in [-0.2, -0.15) is 0 Å². The first kappa shape index (κ1) is 17.1. The zero-order valence-corrected chi connectivity index (χ0v) is 14.1. The Morgan fingerprint density at radius 1 is 1.08 bits per heavy atom. The smallest absolute Gasteiger partial charge is 0.226 e. The fraction of sp³-hybridized carbons (Fsp3) is 0.529. The fourth-order valence-electron chi connectivity index (χ4n) is 3.49. The number of likely N-dealkylation sites (tertiary alicyclic amines) is 1. The summed E-state index contributed by atoms with van der Waals surface area (Å²) in [4.78, 5) is 26.7. The SMILES string of the molecule is O=C(c1ccc(F)cc1)[C@@H]1CCCN(C(=O)[C@@H]2CCS(=O)(=O)C2)C1. The van der Waals surface area contributed by atoms with E-state index in [0.29, 0.717) is 37.9 Å². The number of ketones is 1. The van der Waals surface area contributed by atoms with Crippen molar-refractivity contribution in [1.29, 1.82) is 0 Å². The number of hydrogen-bond acceptors (Lipinski definition) is 4. The van der Waals surface area contributed by atoms with Gasteiger partial charge in [0.2, 0.25) is 5.91 Å². The molecule has 1 amide bonds. The number of piperidine rings is 1. The molecular weight excluding hydrogens is 333 g/mol. The summed E-state index contributed by atoms with van der Waals surface area (Å²) < 4.78 is 36.1. The number of Topliss-reactive ketones (excluding diaryl/α,β-unsaturated/α-hetero) is 1. The first-order chi connectivity index (χ1) is 11.4. The molecular formula is C17H20FNO4S. The van der Waals surface area contributed by atoms with Crippen molar-refractivity contribution >= 4 is 21.5 Å². The van der Waals surface area contributed by atoms with E-state index in [-0.39, 0.29) is 29.1 Å². The molecule has 3 rings (SSSR count). The summed E-state index contributed by atoms with van der Waals surface area (Å²) in [5, 5.41) is 0. The van der Waals surface area contributed by atoms with Crippen LogP contribution in [-0.4, -0.2) is 49.6 Å². The molecule has 2 atom stereocenters. The summed E-state index contributed by atoms with van der Waals surface area (Å²) in [7, 11) is -3.11. The first-order valence-electron chi connectivity index (χ1n) is 8.15. The molecule has 0 N–H and O–H groups in total. The van der Waals surface area contributed by atoms with E-state index in [4.69, 9.17) is 0 Å². The minimum absolute atomic E-state index is 0.0647. The molecule has 0 saturated carbocycles. The topological polar surface area (TPSA) is 71.5 Å². The highest BCUT2D eigenvalue weighted by Crippen LogP contribution is 2.26. The van der Waals surface area contributed by atoms with Crippen molar-refractivity contribution in [3.8, 4) is 0 Å². The van der Waals surface area contributed by atoms with Crippen LogP contribution in [0.1, 0.15) is 29.6 Å². The zero-order chi connectivity index (χ0) is 17.3. The molecule has 130 valence electrons.